The number of ether oxygens (including phenoxy) is 3. The van der Waals surface area contributed by atoms with Crippen molar-refractivity contribution in [1.29, 1.82) is 0 Å². The van der Waals surface area contributed by atoms with E-state index in [9.17, 15) is 4.79 Å². The first kappa shape index (κ1) is 24.8. The van der Waals surface area contributed by atoms with Gasteiger partial charge in [-0.05, 0) is 49.0 Å². The molecule has 3 aromatic rings. The maximum Gasteiger partial charge on any atom is 0.229 e. The van der Waals surface area contributed by atoms with E-state index in [1.807, 2.05) is 53.4 Å². The minimum absolute atomic E-state index is 0.0532. The van der Waals surface area contributed by atoms with Gasteiger partial charge in [0, 0.05) is 39.1 Å². The minimum atomic E-state index is 0.0532. The lowest BCUT2D eigenvalue weighted by molar-refractivity contribution is -0.131. The largest absolute Gasteiger partial charge is 0.497 e. The van der Waals surface area contributed by atoms with Gasteiger partial charge in [0.2, 0.25) is 17.7 Å². The molecule has 1 aromatic heterocycles. The first-order valence-electron chi connectivity index (χ1n) is 12.6. The predicted octanol–water partition coefficient (Wildman–Crippen LogP) is 3.17. The maximum atomic E-state index is 13.2. The van der Waals surface area contributed by atoms with Crippen LogP contribution in [0.3, 0.4) is 0 Å². The van der Waals surface area contributed by atoms with E-state index in [0.29, 0.717) is 43.5 Å². The highest BCUT2D eigenvalue weighted by Crippen LogP contribution is 2.32. The number of benzene rings is 2. The van der Waals surface area contributed by atoms with Gasteiger partial charge < -0.3 is 28.9 Å². The van der Waals surface area contributed by atoms with Crippen molar-refractivity contribution < 1.29 is 19.0 Å². The molecule has 0 bridgehead atoms. The molecule has 3 heterocycles. The Morgan fingerprint density at radius 3 is 2.35 bits per heavy atom. The number of carbonyl (C=O) groups excluding carboxylic acids is 1. The molecule has 1 amide bonds. The van der Waals surface area contributed by atoms with E-state index in [0.717, 1.165) is 54.5 Å². The van der Waals surface area contributed by atoms with Crippen molar-refractivity contribution >= 4 is 11.9 Å². The fraction of sp³-hybridized carbons (Fsp3) is 0.393. The number of carbonyl (C=O) groups is 1. The Hall–Kier alpha value is -3.85. The number of anilines is 1. The Bertz CT molecular complexity index is 1240. The number of amides is 1. The number of rotatable bonds is 7. The Kier molecular flexibility index (Phi) is 7.41. The molecule has 0 aliphatic carbocycles. The second kappa shape index (κ2) is 11.0. The summed E-state index contributed by atoms with van der Waals surface area (Å²) in [6.07, 6.45) is 0.961. The van der Waals surface area contributed by atoms with Gasteiger partial charge in [-0.3, -0.25) is 4.79 Å². The van der Waals surface area contributed by atoms with Gasteiger partial charge >= 0.3 is 0 Å². The van der Waals surface area contributed by atoms with Crippen LogP contribution in [0, 0.1) is 0 Å². The molecule has 37 heavy (non-hydrogen) atoms. The number of hydrogen-bond donors (Lipinski definition) is 0. The summed E-state index contributed by atoms with van der Waals surface area (Å²) in [4.78, 5) is 29.4. The minimum Gasteiger partial charge on any atom is -0.497 e. The molecule has 1 fully saturated rings. The lowest BCUT2D eigenvalue weighted by atomic mass is 10.0. The number of aromatic nitrogens is 2. The van der Waals surface area contributed by atoms with Crippen LogP contribution in [0.25, 0.3) is 0 Å². The van der Waals surface area contributed by atoms with E-state index in [-0.39, 0.29) is 5.91 Å². The van der Waals surface area contributed by atoms with Crippen LogP contribution in [-0.4, -0.2) is 79.7 Å². The molecule has 0 unspecified atom stereocenters. The fourth-order valence-corrected chi connectivity index (χ4v) is 4.64. The summed E-state index contributed by atoms with van der Waals surface area (Å²) >= 11 is 0. The van der Waals surface area contributed by atoms with E-state index in [1.54, 1.807) is 14.2 Å². The van der Waals surface area contributed by atoms with Crippen molar-refractivity contribution in [2.24, 2.45) is 0 Å². The molecule has 0 saturated carbocycles. The van der Waals surface area contributed by atoms with Crippen LogP contribution in [0.1, 0.15) is 16.8 Å². The van der Waals surface area contributed by atoms with Crippen LogP contribution in [0.2, 0.25) is 0 Å². The zero-order chi connectivity index (χ0) is 25.8. The van der Waals surface area contributed by atoms with Gasteiger partial charge in [0.15, 0.2) is 0 Å². The van der Waals surface area contributed by atoms with Crippen molar-refractivity contribution in [2.45, 2.75) is 19.4 Å². The summed E-state index contributed by atoms with van der Waals surface area (Å²) in [7, 11) is 5.39. The summed E-state index contributed by atoms with van der Waals surface area (Å²) < 4.78 is 16.9. The number of piperazine rings is 1. The van der Waals surface area contributed by atoms with E-state index < -0.39 is 0 Å². The fourth-order valence-electron chi connectivity index (χ4n) is 4.64. The normalized spacial score (nSPS) is 15.8. The molecule has 0 N–H and O–H groups in total. The first-order valence-corrected chi connectivity index (χ1v) is 12.6. The molecule has 2 aliphatic heterocycles. The van der Waals surface area contributed by atoms with Gasteiger partial charge in [-0.2, -0.15) is 4.98 Å². The molecule has 194 valence electrons. The van der Waals surface area contributed by atoms with Gasteiger partial charge in [-0.25, -0.2) is 4.98 Å². The Morgan fingerprint density at radius 1 is 0.892 bits per heavy atom. The third-order valence-corrected chi connectivity index (χ3v) is 6.91. The summed E-state index contributed by atoms with van der Waals surface area (Å²) in [5.74, 6) is 3.40. The van der Waals surface area contributed by atoms with E-state index >= 15 is 0 Å². The van der Waals surface area contributed by atoms with E-state index in [2.05, 4.69) is 16.8 Å². The van der Waals surface area contributed by atoms with Crippen molar-refractivity contribution in [2.75, 3.05) is 58.9 Å². The molecule has 2 aliphatic rings. The molecular weight excluding hydrogens is 470 g/mol. The number of fused-ring (bicyclic) bond motifs is 1. The van der Waals surface area contributed by atoms with Gasteiger partial charge in [0.25, 0.3) is 0 Å². The average molecular weight is 504 g/mol. The number of methoxy groups -OCH3 is 2. The monoisotopic (exact) mass is 503 g/mol. The van der Waals surface area contributed by atoms with Gasteiger partial charge in [0.1, 0.15) is 17.2 Å². The van der Waals surface area contributed by atoms with Crippen molar-refractivity contribution in [1.82, 2.24) is 19.8 Å². The topological polar surface area (TPSA) is 80.3 Å². The van der Waals surface area contributed by atoms with Gasteiger partial charge in [-0.15, -0.1) is 0 Å². The molecule has 1 saturated heterocycles. The van der Waals surface area contributed by atoms with Crippen LogP contribution >= 0.6 is 0 Å². The highest BCUT2D eigenvalue weighted by Gasteiger charge is 2.28. The molecule has 0 radical (unpaired) electrons. The van der Waals surface area contributed by atoms with Crippen LogP contribution in [0.4, 0.5) is 5.95 Å². The summed E-state index contributed by atoms with van der Waals surface area (Å²) in [5.41, 5.74) is 2.73. The average Bonchev–Trinajstić information content (AvgIpc) is 2.93. The van der Waals surface area contributed by atoms with E-state index in [4.69, 9.17) is 24.2 Å². The zero-order valence-electron chi connectivity index (χ0n) is 21.6. The summed E-state index contributed by atoms with van der Waals surface area (Å²) in [6, 6.07) is 15.1. The SMILES string of the molecule is COc1ccc(Oc2nc(N3CCN(C)CC3)nc3c2CN(C(=O)Cc2cccc(OC)c2)CC3)cc1. The molecule has 0 atom stereocenters. The van der Waals surface area contributed by atoms with Crippen molar-refractivity contribution in [3.8, 4) is 23.1 Å². The first-order chi connectivity index (χ1) is 18.0. The third kappa shape index (κ3) is 5.77. The summed E-state index contributed by atoms with van der Waals surface area (Å²) in [6.45, 7) is 4.66. The number of nitrogens with zero attached hydrogens (tertiary/aromatic N) is 5. The number of likely N-dealkylation sites (N-methyl/N-ethyl adjacent to an activating group) is 1. The molecule has 2 aromatic carbocycles. The van der Waals surface area contributed by atoms with Crippen LogP contribution < -0.4 is 19.1 Å². The highest BCUT2D eigenvalue weighted by molar-refractivity contribution is 5.79. The Balaban J connectivity index is 1.41. The quantitative estimate of drug-likeness (QED) is 0.487. The lowest BCUT2D eigenvalue weighted by Gasteiger charge is -2.34. The summed E-state index contributed by atoms with van der Waals surface area (Å²) in [5, 5.41) is 0. The molecule has 9 heteroatoms. The van der Waals surface area contributed by atoms with Crippen molar-refractivity contribution in [3.63, 3.8) is 0 Å². The van der Waals surface area contributed by atoms with Crippen LogP contribution in [0.15, 0.2) is 48.5 Å². The van der Waals surface area contributed by atoms with E-state index in [1.165, 1.54) is 0 Å². The van der Waals surface area contributed by atoms with Gasteiger partial charge in [-0.1, -0.05) is 12.1 Å². The predicted molar refractivity (Wildman–Crippen MR) is 141 cm³/mol. The number of hydrogen-bond acceptors (Lipinski definition) is 8. The Morgan fingerprint density at radius 2 is 1.62 bits per heavy atom. The lowest BCUT2D eigenvalue weighted by Crippen LogP contribution is -2.45. The van der Waals surface area contributed by atoms with Gasteiger partial charge in [0.05, 0.1) is 38.4 Å². The van der Waals surface area contributed by atoms with Crippen LogP contribution in [-0.2, 0) is 24.2 Å². The zero-order valence-corrected chi connectivity index (χ0v) is 21.6. The highest BCUT2D eigenvalue weighted by atomic mass is 16.5. The molecular formula is C28H33N5O4. The molecule has 9 nitrogen and oxygen atoms in total. The van der Waals surface area contributed by atoms with Crippen LogP contribution in [0.5, 0.6) is 23.1 Å². The Labute approximate surface area is 217 Å². The molecule has 5 rings (SSSR count). The third-order valence-electron chi connectivity index (χ3n) is 6.91. The second-order valence-electron chi connectivity index (χ2n) is 9.42. The van der Waals surface area contributed by atoms with Crippen molar-refractivity contribution in [3.05, 3.63) is 65.4 Å². The maximum absolute atomic E-state index is 13.2. The second-order valence-corrected chi connectivity index (χ2v) is 9.42. The standard InChI is InChI=1S/C28H33N5O4/c1-31-13-15-32(16-14-31)28-29-25-11-12-33(26(34)18-20-5-4-6-23(17-20)36-3)19-24(25)27(30-28)37-22-9-7-21(35-2)8-10-22/h4-10,17H,11-16,18-19H2,1-3H3. The molecule has 0 spiro atoms. The smallest absolute Gasteiger partial charge is 0.229 e.